The maximum Gasteiger partial charge on any atom is 0.0541 e. The summed E-state index contributed by atoms with van der Waals surface area (Å²) < 4.78 is 2.40. The highest BCUT2D eigenvalue weighted by atomic mass is 15.1. The van der Waals surface area contributed by atoms with Gasteiger partial charge in [-0.15, -0.1) is 0 Å². The lowest BCUT2D eigenvalue weighted by Crippen LogP contribution is -2.19. The van der Waals surface area contributed by atoms with E-state index in [0.717, 1.165) is 23.2 Å². The van der Waals surface area contributed by atoms with Gasteiger partial charge in [0, 0.05) is 33.5 Å². The van der Waals surface area contributed by atoms with E-state index < -0.39 is 0 Å². The Morgan fingerprint density at radius 2 is 1.06 bits per heavy atom. The molecule has 0 saturated heterocycles. The Balaban J connectivity index is 1.07. The van der Waals surface area contributed by atoms with Gasteiger partial charge in [-0.25, -0.2) is 0 Å². The molecule has 3 aliphatic rings. The van der Waals surface area contributed by atoms with Crippen LogP contribution in [0.4, 0.5) is 17.1 Å². The molecule has 2 fully saturated rings. The van der Waals surface area contributed by atoms with E-state index in [0.29, 0.717) is 11.8 Å². The molecule has 0 spiro atoms. The Morgan fingerprint density at radius 1 is 0.442 bits per heavy atom. The number of benzene rings is 7. The van der Waals surface area contributed by atoms with Crippen molar-refractivity contribution in [3.8, 4) is 27.9 Å². The van der Waals surface area contributed by atoms with Crippen molar-refractivity contribution in [2.75, 3.05) is 4.90 Å². The van der Waals surface area contributed by atoms with Gasteiger partial charge in [0.25, 0.3) is 0 Å². The van der Waals surface area contributed by atoms with Crippen molar-refractivity contribution in [3.05, 3.63) is 181 Å². The molecule has 11 rings (SSSR count). The van der Waals surface area contributed by atoms with Crippen LogP contribution < -0.4 is 4.90 Å². The molecule has 4 atom stereocenters. The molecular formula is C50H40N2. The Bertz CT molecular complexity index is 2540. The van der Waals surface area contributed by atoms with Gasteiger partial charge in [-0.2, -0.15) is 0 Å². The van der Waals surface area contributed by atoms with E-state index in [4.69, 9.17) is 0 Å². The van der Waals surface area contributed by atoms with Crippen molar-refractivity contribution in [3.63, 3.8) is 0 Å². The van der Waals surface area contributed by atoms with Crippen LogP contribution in [0.25, 0.3) is 49.7 Å². The topological polar surface area (TPSA) is 8.17 Å². The van der Waals surface area contributed by atoms with E-state index in [-0.39, 0.29) is 0 Å². The molecule has 250 valence electrons. The van der Waals surface area contributed by atoms with Gasteiger partial charge in [-0.1, -0.05) is 109 Å². The Labute approximate surface area is 305 Å². The minimum atomic E-state index is 0.648. The summed E-state index contributed by atoms with van der Waals surface area (Å²) in [5.74, 6) is 3.03. The van der Waals surface area contributed by atoms with E-state index in [9.17, 15) is 0 Å². The van der Waals surface area contributed by atoms with Gasteiger partial charge in [-0.05, 0) is 143 Å². The average molecular weight is 669 g/mol. The van der Waals surface area contributed by atoms with Gasteiger partial charge in [0.15, 0.2) is 0 Å². The molecule has 2 saturated carbocycles. The molecule has 1 aromatic heterocycles. The number of hydrogen-bond donors (Lipinski definition) is 0. The summed E-state index contributed by atoms with van der Waals surface area (Å²) in [5, 5.41) is 2.57. The number of para-hydroxylation sites is 2. The molecule has 0 aliphatic heterocycles. The maximum atomic E-state index is 2.51. The lowest BCUT2D eigenvalue weighted by atomic mass is 9.71. The van der Waals surface area contributed by atoms with Crippen molar-refractivity contribution in [2.24, 2.45) is 11.8 Å². The van der Waals surface area contributed by atoms with Crippen LogP contribution in [0.2, 0.25) is 0 Å². The minimum absolute atomic E-state index is 0.648. The van der Waals surface area contributed by atoms with Crippen LogP contribution in [0, 0.1) is 11.8 Å². The van der Waals surface area contributed by atoms with E-state index in [1.54, 1.807) is 11.1 Å². The van der Waals surface area contributed by atoms with E-state index in [1.165, 1.54) is 81.1 Å². The Hall–Kier alpha value is -5.86. The lowest BCUT2D eigenvalue weighted by molar-refractivity contribution is 0.311. The second kappa shape index (κ2) is 11.9. The number of fused-ring (bicyclic) bond motifs is 10. The second-order valence-corrected chi connectivity index (χ2v) is 15.4. The number of aromatic nitrogens is 1. The first-order chi connectivity index (χ1) is 25.8. The van der Waals surface area contributed by atoms with Crippen molar-refractivity contribution in [2.45, 2.75) is 37.5 Å². The first-order valence-corrected chi connectivity index (χ1v) is 19.0. The van der Waals surface area contributed by atoms with Gasteiger partial charge in [0.1, 0.15) is 0 Å². The van der Waals surface area contributed by atoms with Crippen molar-refractivity contribution < 1.29 is 0 Å². The summed E-state index contributed by atoms with van der Waals surface area (Å²) >= 11 is 0. The molecule has 8 aromatic rings. The largest absolute Gasteiger partial charge is 0.310 e. The van der Waals surface area contributed by atoms with Gasteiger partial charge in [-0.3, -0.25) is 0 Å². The summed E-state index contributed by atoms with van der Waals surface area (Å²) in [5.41, 5.74) is 15.6. The molecular weight excluding hydrogens is 629 g/mol. The zero-order valence-corrected chi connectivity index (χ0v) is 29.2. The summed E-state index contributed by atoms with van der Waals surface area (Å²) in [6.07, 6.45) is 5.44. The number of anilines is 3. The van der Waals surface area contributed by atoms with Crippen LogP contribution in [0.5, 0.6) is 0 Å². The molecule has 1 heterocycles. The van der Waals surface area contributed by atoms with Crippen LogP contribution in [0.3, 0.4) is 0 Å². The first kappa shape index (κ1) is 29.8. The van der Waals surface area contributed by atoms with Crippen LogP contribution in [0.1, 0.15) is 48.6 Å². The summed E-state index contributed by atoms with van der Waals surface area (Å²) in [6, 6.07) is 63.2. The Morgan fingerprint density at radius 3 is 1.81 bits per heavy atom. The van der Waals surface area contributed by atoms with Crippen LogP contribution in [-0.2, 0) is 0 Å². The molecule has 4 unspecified atom stereocenters. The third-order valence-electron chi connectivity index (χ3n) is 12.6. The van der Waals surface area contributed by atoms with Crippen molar-refractivity contribution >= 4 is 38.9 Å². The molecule has 0 N–H and O–H groups in total. The first-order valence-electron chi connectivity index (χ1n) is 19.0. The predicted molar refractivity (Wildman–Crippen MR) is 217 cm³/mol. The predicted octanol–water partition coefficient (Wildman–Crippen LogP) is 13.6. The standard InChI is InChI=1S/C50H40N2/c1-2-10-34(11-3-1)35-18-20-38(21-19-35)51(39-22-24-40(25-23-39)52-49-16-8-6-14-45(49)46-15-7-9-17-50(46)52)41-26-27-42-36-28-33-29-37(31-36)47(30-33)43-12-4-5-13-44(43)48(42)32-41/h1-27,32-33,36-37,47H,28-31H2. The van der Waals surface area contributed by atoms with Crippen LogP contribution >= 0.6 is 0 Å². The normalized spacial score (nSPS) is 20.0. The van der Waals surface area contributed by atoms with Gasteiger partial charge >= 0.3 is 0 Å². The summed E-state index contributed by atoms with van der Waals surface area (Å²) in [7, 11) is 0. The highest BCUT2D eigenvalue weighted by Gasteiger charge is 2.44. The SMILES string of the molecule is c1ccc(-c2ccc(N(c3ccc(-n4c5ccccc5c5ccccc54)cc3)c3ccc4c(c3)-c3ccccc3C3CC5CC4CC3C5)cc2)cc1. The van der Waals surface area contributed by atoms with Gasteiger partial charge in [0.2, 0.25) is 0 Å². The molecule has 0 amide bonds. The monoisotopic (exact) mass is 668 g/mol. The van der Waals surface area contributed by atoms with Crippen LogP contribution in [-0.4, -0.2) is 4.57 Å². The average Bonchev–Trinajstić information content (AvgIpc) is 3.72. The maximum absolute atomic E-state index is 2.51. The molecule has 3 aliphatic carbocycles. The molecule has 2 nitrogen and oxygen atoms in total. The third-order valence-corrected chi connectivity index (χ3v) is 12.6. The van der Waals surface area contributed by atoms with E-state index in [2.05, 4.69) is 179 Å². The molecule has 0 radical (unpaired) electrons. The van der Waals surface area contributed by atoms with E-state index in [1.807, 2.05) is 0 Å². The highest BCUT2D eigenvalue weighted by Crippen LogP contribution is 2.59. The van der Waals surface area contributed by atoms with Crippen LogP contribution in [0.15, 0.2) is 170 Å². The summed E-state index contributed by atoms with van der Waals surface area (Å²) in [4.78, 5) is 2.45. The second-order valence-electron chi connectivity index (χ2n) is 15.4. The highest BCUT2D eigenvalue weighted by molar-refractivity contribution is 6.09. The Kier molecular flexibility index (Phi) is 6.80. The number of hydrogen-bond acceptors (Lipinski definition) is 1. The van der Waals surface area contributed by atoms with Crippen molar-refractivity contribution in [1.82, 2.24) is 4.57 Å². The third kappa shape index (κ3) is 4.70. The number of rotatable bonds is 5. The fraction of sp³-hybridized carbons (Fsp3) is 0.160. The summed E-state index contributed by atoms with van der Waals surface area (Å²) in [6.45, 7) is 0. The molecule has 2 heteroatoms. The zero-order valence-electron chi connectivity index (χ0n) is 29.2. The van der Waals surface area contributed by atoms with Crippen molar-refractivity contribution in [1.29, 1.82) is 0 Å². The van der Waals surface area contributed by atoms with E-state index >= 15 is 0 Å². The quantitative estimate of drug-likeness (QED) is 0.177. The fourth-order valence-corrected chi connectivity index (χ4v) is 10.4. The molecule has 3 bridgehead atoms. The fourth-order valence-electron chi connectivity index (χ4n) is 10.4. The minimum Gasteiger partial charge on any atom is -0.310 e. The molecule has 52 heavy (non-hydrogen) atoms. The zero-order chi connectivity index (χ0) is 34.2. The van der Waals surface area contributed by atoms with Gasteiger partial charge in [0.05, 0.1) is 11.0 Å². The lowest BCUT2D eigenvalue weighted by Gasteiger charge is -2.35. The van der Waals surface area contributed by atoms with Gasteiger partial charge < -0.3 is 9.47 Å². The number of nitrogens with zero attached hydrogens (tertiary/aromatic N) is 2. The molecule has 7 aromatic carbocycles. The smallest absolute Gasteiger partial charge is 0.0541 e.